The van der Waals surface area contributed by atoms with Crippen molar-refractivity contribution in [1.29, 1.82) is 0 Å². The lowest BCUT2D eigenvalue weighted by Gasteiger charge is -2.30. The predicted molar refractivity (Wildman–Crippen MR) is 230 cm³/mol. The maximum absolute atomic E-state index is 14.2. The number of phenols is 2. The molecule has 0 aliphatic carbocycles. The number of amides is 7. The molecule has 0 spiro atoms. The summed E-state index contributed by atoms with van der Waals surface area (Å²) in [6.45, 7) is 3.28. The SMILES string of the molecule is CC[C@H](C)[C@@H]1NC(=O)C(NC(=O)N[C@@H](Cc2ccccc2)C(=O)O)CCCCNC(=O)[C@H](CCc2ccc(O)cc2)NC(=O)CN(C)C(=O)C(CCc2ccc(O)cc2)NC1=O. The van der Waals surface area contributed by atoms with Crippen molar-refractivity contribution in [2.75, 3.05) is 20.1 Å². The van der Waals surface area contributed by atoms with Crippen LogP contribution in [0, 0.1) is 5.92 Å². The molecule has 1 aliphatic rings. The fourth-order valence-corrected chi connectivity index (χ4v) is 6.98. The van der Waals surface area contributed by atoms with Gasteiger partial charge in [0.2, 0.25) is 29.5 Å². The molecular weight excluding hydrogens is 799 g/mol. The predicted octanol–water partition coefficient (Wildman–Crippen LogP) is 2.29. The zero-order chi connectivity index (χ0) is 45.2. The zero-order valence-electron chi connectivity index (χ0n) is 35.4. The van der Waals surface area contributed by atoms with Crippen LogP contribution in [0.2, 0.25) is 0 Å². The largest absolute Gasteiger partial charge is 0.508 e. The number of aliphatic carboxylic acids is 1. The first-order valence-corrected chi connectivity index (χ1v) is 21.0. The van der Waals surface area contributed by atoms with Gasteiger partial charge in [-0.05, 0) is 91.8 Å². The summed E-state index contributed by atoms with van der Waals surface area (Å²) < 4.78 is 0. The lowest BCUT2D eigenvalue weighted by molar-refractivity contribution is -0.140. The number of likely N-dealkylation sites (N-methyl/N-ethyl adjacent to an activating group) is 1. The Bertz CT molecular complexity index is 1980. The van der Waals surface area contributed by atoms with E-state index in [1.165, 1.54) is 31.3 Å². The summed E-state index contributed by atoms with van der Waals surface area (Å²) in [4.78, 5) is 96.0. The Hall–Kier alpha value is -6.65. The molecule has 1 heterocycles. The van der Waals surface area contributed by atoms with Crippen LogP contribution in [0.1, 0.15) is 69.1 Å². The number of carboxylic acids is 1. The van der Waals surface area contributed by atoms with Crippen LogP contribution in [0.3, 0.4) is 0 Å². The highest BCUT2D eigenvalue weighted by molar-refractivity contribution is 5.96. The third-order valence-electron chi connectivity index (χ3n) is 10.9. The molecule has 17 nitrogen and oxygen atoms in total. The number of phenolic OH excluding ortho intramolecular Hbond substituents is 2. The first-order chi connectivity index (χ1) is 29.6. The van der Waals surface area contributed by atoms with Gasteiger partial charge in [-0.15, -0.1) is 0 Å². The molecule has 7 amide bonds. The lowest BCUT2D eigenvalue weighted by atomic mass is 9.96. The van der Waals surface area contributed by atoms with Crippen molar-refractivity contribution in [1.82, 2.24) is 36.8 Å². The smallest absolute Gasteiger partial charge is 0.326 e. The van der Waals surface area contributed by atoms with Crippen molar-refractivity contribution >= 4 is 41.5 Å². The van der Waals surface area contributed by atoms with E-state index in [9.17, 15) is 48.9 Å². The first-order valence-electron chi connectivity index (χ1n) is 21.0. The third-order valence-corrected chi connectivity index (χ3v) is 10.9. The minimum atomic E-state index is -1.32. The van der Waals surface area contributed by atoms with Gasteiger partial charge in [-0.3, -0.25) is 24.0 Å². The summed E-state index contributed by atoms with van der Waals surface area (Å²) in [6.07, 6.45) is 2.04. The Morgan fingerprint density at radius 3 is 1.94 bits per heavy atom. The molecule has 1 fully saturated rings. The van der Waals surface area contributed by atoms with Gasteiger partial charge >= 0.3 is 12.0 Å². The van der Waals surface area contributed by atoms with Gasteiger partial charge in [-0.25, -0.2) is 9.59 Å². The van der Waals surface area contributed by atoms with E-state index in [1.54, 1.807) is 61.5 Å². The molecule has 1 aliphatic heterocycles. The Kier molecular flexibility index (Phi) is 18.6. The van der Waals surface area contributed by atoms with Gasteiger partial charge < -0.3 is 52.1 Å². The van der Waals surface area contributed by atoms with Gasteiger partial charge in [-0.2, -0.15) is 0 Å². The zero-order valence-corrected chi connectivity index (χ0v) is 35.4. The molecule has 4 rings (SSSR count). The van der Waals surface area contributed by atoms with Crippen LogP contribution in [0.4, 0.5) is 4.79 Å². The molecule has 3 aromatic rings. The quantitative estimate of drug-likeness (QED) is 0.121. The second-order valence-electron chi connectivity index (χ2n) is 15.7. The van der Waals surface area contributed by atoms with Crippen LogP contribution < -0.4 is 31.9 Å². The summed E-state index contributed by atoms with van der Waals surface area (Å²) >= 11 is 0. The number of carbonyl (C=O) groups excluding carboxylic acids is 6. The Morgan fingerprint density at radius 2 is 1.35 bits per heavy atom. The molecule has 9 N–H and O–H groups in total. The van der Waals surface area contributed by atoms with Crippen molar-refractivity contribution in [3.05, 3.63) is 95.6 Å². The Balaban J connectivity index is 1.62. The normalized spacial score (nSPS) is 20.8. The fraction of sp³-hybridized carbons (Fsp3) is 0.444. The topological polar surface area (TPSA) is 256 Å². The average Bonchev–Trinajstić information content (AvgIpc) is 3.25. The molecule has 0 aromatic heterocycles. The highest BCUT2D eigenvalue weighted by Crippen LogP contribution is 2.16. The fourth-order valence-electron chi connectivity index (χ4n) is 6.98. The van der Waals surface area contributed by atoms with Crippen LogP contribution in [0.5, 0.6) is 11.5 Å². The molecule has 6 atom stereocenters. The summed E-state index contributed by atoms with van der Waals surface area (Å²) in [5, 5.41) is 45.6. The van der Waals surface area contributed by atoms with E-state index in [1.807, 2.05) is 6.92 Å². The maximum Gasteiger partial charge on any atom is 0.326 e. The average molecular weight is 858 g/mol. The Labute approximate surface area is 361 Å². The summed E-state index contributed by atoms with van der Waals surface area (Å²) in [7, 11) is 1.40. The number of aromatic hydroxyl groups is 2. The number of rotatable bonds is 13. The van der Waals surface area contributed by atoms with Gasteiger partial charge in [0, 0.05) is 20.0 Å². The van der Waals surface area contributed by atoms with E-state index >= 15 is 0 Å². The number of hydrogen-bond acceptors (Lipinski definition) is 9. The molecule has 0 bridgehead atoms. The standard InChI is InChI=1S/C45H59N7O10/c1-4-28(2)39-42(58)48-36(24-18-30-15-21-33(54)22-16-30)43(59)52(3)27-38(55)47-35(23-17-29-13-19-32(53)20-14-29)40(56)46-25-9-8-12-34(41(57)51-39)49-45(62)50-37(44(60)61)26-31-10-6-5-7-11-31/h5-7,10-11,13-16,19-22,28,34-37,39,53-54H,4,8-9,12,17-18,23-27H2,1-3H3,(H,46,56)(H,47,55)(H,48,58)(H,51,57)(H,60,61)(H2,49,50,62)/t28-,34?,35-,36?,37-,39-/m0/s1. The highest BCUT2D eigenvalue weighted by Gasteiger charge is 2.34. The van der Waals surface area contributed by atoms with E-state index in [2.05, 4.69) is 31.9 Å². The van der Waals surface area contributed by atoms with Gasteiger partial charge in [0.15, 0.2) is 0 Å². The molecule has 1 saturated heterocycles. The van der Waals surface area contributed by atoms with Crippen LogP contribution in [0.25, 0.3) is 0 Å². The highest BCUT2D eigenvalue weighted by atomic mass is 16.4. The van der Waals surface area contributed by atoms with Crippen molar-refractivity contribution in [2.45, 2.75) is 102 Å². The molecule has 0 radical (unpaired) electrons. The summed E-state index contributed by atoms with van der Waals surface area (Å²) in [5.41, 5.74) is 2.24. The number of benzene rings is 3. The number of nitrogens with one attached hydrogen (secondary N) is 6. The van der Waals surface area contributed by atoms with Crippen molar-refractivity contribution in [2.24, 2.45) is 5.92 Å². The van der Waals surface area contributed by atoms with E-state index in [4.69, 9.17) is 0 Å². The molecular formula is C45H59N7O10. The van der Waals surface area contributed by atoms with E-state index in [0.29, 0.717) is 37.7 Å². The number of carbonyl (C=O) groups is 7. The van der Waals surface area contributed by atoms with E-state index < -0.39 is 84.2 Å². The first kappa shape index (κ1) is 48.0. The van der Waals surface area contributed by atoms with Crippen molar-refractivity contribution in [3.8, 4) is 11.5 Å². The number of nitrogens with zero attached hydrogens (tertiary/aromatic N) is 1. The summed E-state index contributed by atoms with van der Waals surface area (Å²) in [6, 6.07) is 14.7. The van der Waals surface area contributed by atoms with E-state index in [0.717, 1.165) is 16.0 Å². The molecule has 17 heteroatoms. The van der Waals surface area contributed by atoms with Crippen LogP contribution in [0.15, 0.2) is 78.9 Å². The molecule has 62 heavy (non-hydrogen) atoms. The molecule has 3 aromatic carbocycles. The summed E-state index contributed by atoms with van der Waals surface area (Å²) in [5.74, 6) is -4.69. The van der Waals surface area contributed by atoms with Crippen LogP contribution in [-0.2, 0) is 48.0 Å². The number of carboxylic acid groups (broad SMARTS) is 1. The van der Waals surface area contributed by atoms with Crippen LogP contribution >= 0.6 is 0 Å². The third kappa shape index (κ3) is 15.4. The minimum Gasteiger partial charge on any atom is -0.508 e. The molecule has 2 unspecified atom stereocenters. The van der Waals surface area contributed by atoms with Gasteiger partial charge in [0.1, 0.15) is 41.7 Å². The lowest BCUT2D eigenvalue weighted by Crippen LogP contribution is -2.60. The van der Waals surface area contributed by atoms with E-state index in [-0.39, 0.29) is 43.7 Å². The van der Waals surface area contributed by atoms with Crippen LogP contribution in [-0.4, -0.2) is 112 Å². The Morgan fingerprint density at radius 1 is 0.758 bits per heavy atom. The second-order valence-corrected chi connectivity index (χ2v) is 15.7. The number of hydrogen-bond donors (Lipinski definition) is 9. The van der Waals surface area contributed by atoms with Gasteiger partial charge in [-0.1, -0.05) is 74.9 Å². The second kappa shape index (κ2) is 24.0. The number of urea groups is 1. The monoisotopic (exact) mass is 857 g/mol. The molecule has 0 saturated carbocycles. The van der Waals surface area contributed by atoms with Crippen molar-refractivity contribution < 1.29 is 48.9 Å². The number of aryl methyl sites for hydroxylation is 2. The minimum absolute atomic E-state index is 0.0192. The van der Waals surface area contributed by atoms with Gasteiger partial charge in [0.05, 0.1) is 6.54 Å². The van der Waals surface area contributed by atoms with Gasteiger partial charge in [0.25, 0.3) is 0 Å². The molecule has 334 valence electrons. The van der Waals surface area contributed by atoms with Crippen molar-refractivity contribution in [3.63, 3.8) is 0 Å². The maximum atomic E-state index is 14.2.